The first-order chi connectivity index (χ1) is 15.4. The van der Waals surface area contributed by atoms with E-state index in [4.69, 9.17) is 0 Å². The van der Waals surface area contributed by atoms with Crippen LogP contribution in [-0.4, -0.2) is 52.3 Å². The van der Waals surface area contributed by atoms with Crippen molar-refractivity contribution >= 4 is 28.8 Å². The van der Waals surface area contributed by atoms with Crippen LogP contribution >= 0.6 is 11.3 Å². The number of hydrogen-bond donors (Lipinski definition) is 2. The fourth-order valence-electron chi connectivity index (χ4n) is 4.00. The van der Waals surface area contributed by atoms with E-state index in [0.717, 1.165) is 4.88 Å². The minimum Gasteiger partial charge on any atom is -0.508 e. The zero-order valence-corrected chi connectivity index (χ0v) is 18.6. The predicted octanol–water partition coefficient (Wildman–Crippen LogP) is 4.18. The maximum atomic E-state index is 13.2. The van der Waals surface area contributed by atoms with E-state index in [-0.39, 0.29) is 29.7 Å². The van der Waals surface area contributed by atoms with Crippen LogP contribution in [0, 0.1) is 0 Å². The third kappa shape index (κ3) is 4.04. The first-order valence-corrected chi connectivity index (χ1v) is 11.1. The second-order valence-corrected chi connectivity index (χ2v) is 8.88. The minimum atomic E-state index is -0.766. The number of benzene rings is 2. The molecule has 0 unspecified atom stereocenters. The summed E-state index contributed by atoms with van der Waals surface area (Å²) in [6.07, 6.45) is 0. The number of carbonyl (C=O) groups excluding carboxylic acids is 2. The Bertz CT molecular complexity index is 1140. The van der Waals surface area contributed by atoms with Crippen LogP contribution < -0.4 is 0 Å². The number of likely N-dealkylation sites (tertiary alicyclic amines) is 1. The van der Waals surface area contributed by atoms with Gasteiger partial charge in [-0.2, -0.15) is 0 Å². The van der Waals surface area contributed by atoms with Crippen LogP contribution in [0.5, 0.6) is 5.75 Å². The number of aliphatic hydroxyl groups excluding tert-OH is 1. The van der Waals surface area contributed by atoms with Crippen LogP contribution in [0.2, 0.25) is 0 Å². The summed E-state index contributed by atoms with van der Waals surface area (Å²) >= 11 is 1.59. The first-order valence-electron chi connectivity index (χ1n) is 10.2. The van der Waals surface area contributed by atoms with E-state index < -0.39 is 17.7 Å². The molecule has 7 heteroatoms. The summed E-state index contributed by atoms with van der Waals surface area (Å²) < 4.78 is 0. The van der Waals surface area contributed by atoms with E-state index >= 15 is 0 Å². The normalized spacial score (nSPS) is 19.0. The van der Waals surface area contributed by atoms with Crippen LogP contribution in [0.1, 0.15) is 28.1 Å². The number of aliphatic hydroxyl groups is 1. The third-order valence-electron chi connectivity index (χ3n) is 5.66. The molecule has 1 aliphatic rings. The standard InChI is InChI=1S/C25H24N2O4S/c1-26(2)19(20-9-6-14-32-20)15-27-22(16-10-12-18(28)13-11-16)21(24(30)25(27)31)23(29)17-7-4-3-5-8-17/h3-14,19,22,28-29H,15H2,1-2H3/t19-,22-/m1/s1. The smallest absolute Gasteiger partial charge is 0.295 e. The number of nitrogens with zero attached hydrogens (tertiary/aromatic N) is 2. The topological polar surface area (TPSA) is 81.1 Å². The van der Waals surface area contributed by atoms with Crippen LogP contribution in [-0.2, 0) is 9.59 Å². The summed E-state index contributed by atoms with van der Waals surface area (Å²) in [7, 11) is 3.86. The van der Waals surface area contributed by atoms with Gasteiger partial charge in [-0.1, -0.05) is 48.5 Å². The van der Waals surface area contributed by atoms with Gasteiger partial charge in [0.1, 0.15) is 11.5 Å². The van der Waals surface area contributed by atoms with Gasteiger partial charge in [-0.05, 0) is 43.2 Å². The van der Waals surface area contributed by atoms with Crippen LogP contribution in [0.4, 0.5) is 0 Å². The number of aromatic hydroxyl groups is 1. The average molecular weight is 449 g/mol. The largest absolute Gasteiger partial charge is 0.508 e. The average Bonchev–Trinajstić information content (AvgIpc) is 3.40. The molecule has 1 fully saturated rings. The second kappa shape index (κ2) is 8.98. The van der Waals surface area contributed by atoms with Crippen molar-refractivity contribution in [3.8, 4) is 5.75 Å². The molecule has 6 nitrogen and oxygen atoms in total. The molecule has 2 atom stereocenters. The van der Waals surface area contributed by atoms with Crippen molar-refractivity contribution in [1.29, 1.82) is 0 Å². The molecule has 4 rings (SSSR count). The number of rotatable bonds is 6. The molecule has 3 aromatic rings. The Morgan fingerprint density at radius 3 is 2.31 bits per heavy atom. The summed E-state index contributed by atoms with van der Waals surface area (Å²) in [6.45, 7) is 0.273. The quantitative estimate of drug-likeness (QED) is 0.336. The van der Waals surface area contributed by atoms with Crippen LogP contribution in [0.15, 0.2) is 77.7 Å². The zero-order valence-electron chi connectivity index (χ0n) is 17.8. The molecular weight excluding hydrogens is 424 g/mol. The molecule has 0 bridgehead atoms. The van der Waals surface area contributed by atoms with Gasteiger partial charge in [-0.3, -0.25) is 9.59 Å². The monoisotopic (exact) mass is 448 g/mol. The Kier molecular flexibility index (Phi) is 6.12. The van der Waals surface area contributed by atoms with Gasteiger partial charge < -0.3 is 20.0 Å². The lowest BCUT2D eigenvalue weighted by molar-refractivity contribution is -0.140. The highest BCUT2D eigenvalue weighted by Crippen LogP contribution is 2.41. The van der Waals surface area contributed by atoms with Gasteiger partial charge in [0, 0.05) is 17.0 Å². The molecule has 2 aromatic carbocycles. The highest BCUT2D eigenvalue weighted by atomic mass is 32.1. The highest BCUT2D eigenvalue weighted by molar-refractivity contribution is 7.10. The molecule has 0 spiro atoms. The van der Waals surface area contributed by atoms with Gasteiger partial charge in [0.15, 0.2) is 0 Å². The van der Waals surface area contributed by atoms with Crippen molar-refractivity contribution in [2.75, 3.05) is 20.6 Å². The van der Waals surface area contributed by atoms with Crippen molar-refractivity contribution in [3.63, 3.8) is 0 Å². The lowest BCUT2D eigenvalue weighted by Crippen LogP contribution is -2.37. The fraction of sp³-hybridized carbons (Fsp3) is 0.200. The van der Waals surface area contributed by atoms with Gasteiger partial charge >= 0.3 is 0 Å². The fourth-order valence-corrected chi connectivity index (χ4v) is 4.91. The highest BCUT2D eigenvalue weighted by Gasteiger charge is 2.47. The SMILES string of the molecule is CN(C)[C@H](CN1C(=O)C(=O)C(=C(O)c2ccccc2)[C@H]1c1ccc(O)cc1)c1cccs1. The molecule has 1 aliphatic heterocycles. The number of carbonyl (C=O) groups is 2. The second-order valence-electron chi connectivity index (χ2n) is 7.90. The number of hydrogen-bond acceptors (Lipinski definition) is 6. The van der Waals surface area contributed by atoms with Crippen molar-refractivity contribution in [3.05, 3.63) is 93.7 Å². The molecule has 1 saturated heterocycles. The van der Waals surface area contributed by atoms with Crippen molar-refractivity contribution in [1.82, 2.24) is 9.80 Å². The Hall–Kier alpha value is -3.42. The number of phenolic OH excluding ortho intramolecular Hbond substituents is 1. The van der Waals surface area contributed by atoms with Crippen molar-refractivity contribution < 1.29 is 19.8 Å². The maximum absolute atomic E-state index is 13.2. The maximum Gasteiger partial charge on any atom is 0.295 e. The molecule has 32 heavy (non-hydrogen) atoms. The van der Waals surface area contributed by atoms with E-state index in [1.54, 1.807) is 47.7 Å². The number of thiophene rings is 1. The number of phenols is 1. The summed E-state index contributed by atoms with van der Waals surface area (Å²) in [6, 6.07) is 18.2. The Balaban J connectivity index is 1.84. The summed E-state index contributed by atoms with van der Waals surface area (Å²) in [5.41, 5.74) is 1.16. The molecule has 2 N–H and O–H groups in total. The third-order valence-corrected chi connectivity index (χ3v) is 6.63. The Labute approximate surface area is 190 Å². The first kappa shape index (κ1) is 21.8. The van der Waals surface area contributed by atoms with Crippen molar-refractivity contribution in [2.24, 2.45) is 0 Å². The van der Waals surface area contributed by atoms with Crippen LogP contribution in [0.25, 0.3) is 5.76 Å². The number of ketones is 1. The van der Waals surface area contributed by atoms with Gasteiger partial charge in [0.05, 0.1) is 17.7 Å². The van der Waals surface area contributed by atoms with E-state index in [0.29, 0.717) is 11.1 Å². The lowest BCUT2D eigenvalue weighted by Gasteiger charge is -2.32. The van der Waals surface area contributed by atoms with Gasteiger partial charge in [-0.25, -0.2) is 0 Å². The van der Waals surface area contributed by atoms with E-state index in [1.807, 2.05) is 42.6 Å². The Morgan fingerprint density at radius 2 is 1.72 bits per heavy atom. The summed E-state index contributed by atoms with van der Waals surface area (Å²) in [5, 5.41) is 22.8. The predicted molar refractivity (Wildman–Crippen MR) is 124 cm³/mol. The summed E-state index contributed by atoms with van der Waals surface area (Å²) in [5.74, 6) is -1.49. The molecule has 2 heterocycles. The van der Waals surface area contributed by atoms with Gasteiger partial charge in [0.2, 0.25) is 0 Å². The lowest BCUT2D eigenvalue weighted by atomic mass is 9.95. The molecular formula is C25H24N2O4S. The zero-order chi connectivity index (χ0) is 22.8. The van der Waals surface area contributed by atoms with Gasteiger partial charge in [0.25, 0.3) is 11.7 Å². The molecule has 0 aliphatic carbocycles. The van der Waals surface area contributed by atoms with E-state index in [9.17, 15) is 19.8 Å². The summed E-state index contributed by atoms with van der Waals surface area (Å²) in [4.78, 5) is 31.0. The van der Waals surface area contributed by atoms with E-state index in [2.05, 4.69) is 0 Å². The number of likely N-dealkylation sites (N-methyl/N-ethyl adjacent to an activating group) is 1. The molecule has 164 valence electrons. The molecule has 0 radical (unpaired) electrons. The van der Waals surface area contributed by atoms with Gasteiger partial charge in [-0.15, -0.1) is 11.3 Å². The van der Waals surface area contributed by atoms with E-state index in [1.165, 1.54) is 17.0 Å². The number of amides is 1. The Morgan fingerprint density at radius 1 is 1.03 bits per heavy atom. The molecule has 0 saturated carbocycles. The minimum absolute atomic E-state index is 0.0515. The number of Topliss-reactive ketones (excluding diaryl/α,β-unsaturated/α-hetero) is 1. The molecule has 1 amide bonds. The molecule has 1 aromatic heterocycles. The van der Waals surface area contributed by atoms with Crippen molar-refractivity contribution in [2.45, 2.75) is 12.1 Å². The van der Waals surface area contributed by atoms with Crippen LogP contribution in [0.3, 0.4) is 0 Å².